The van der Waals surface area contributed by atoms with Gasteiger partial charge in [0.1, 0.15) is 0 Å². The van der Waals surface area contributed by atoms with Crippen molar-refractivity contribution in [2.75, 3.05) is 7.11 Å². The fourth-order valence-corrected chi connectivity index (χ4v) is 0.981. The van der Waals surface area contributed by atoms with Crippen LogP contribution in [0.1, 0.15) is 27.2 Å². The van der Waals surface area contributed by atoms with Gasteiger partial charge in [0.2, 0.25) is 0 Å². The Morgan fingerprint density at radius 1 is 1.46 bits per heavy atom. The second-order valence-electron chi connectivity index (χ2n) is 3.71. The first kappa shape index (κ1) is 11.9. The van der Waals surface area contributed by atoms with Crippen LogP contribution in [0.4, 0.5) is 0 Å². The van der Waals surface area contributed by atoms with E-state index in [-0.39, 0.29) is 18.3 Å². The fraction of sp³-hybridized carbons (Fsp3) is 0.778. The minimum atomic E-state index is -0.899. The summed E-state index contributed by atoms with van der Waals surface area (Å²) in [5.74, 6) is -1.51. The van der Waals surface area contributed by atoms with Gasteiger partial charge in [0.15, 0.2) is 0 Å². The molecule has 4 heteroatoms. The summed E-state index contributed by atoms with van der Waals surface area (Å²) in [5.41, 5.74) is -0.743. The van der Waals surface area contributed by atoms with Gasteiger partial charge in [-0.15, -0.1) is 0 Å². The van der Waals surface area contributed by atoms with E-state index in [2.05, 4.69) is 4.74 Å². The third-order valence-corrected chi connectivity index (χ3v) is 2.42. The van der Waals surface area contributed by atoms with E-state index in [1.165, 1.54) is 7.11 Å². The van der Waals surface area contributed by atoms with Crippen molar-refractivity contribution in [3.05, 3.63) is 0 Å². The van der Waals surface area contributed by atoms with Crippen molar-refractivity contribution in [1.82, 2.24) is 0 Å². The Balaban J connectivity index is 4.43. The van der Waals surface area contributed by atoms with Crippen LogP contribution >= 0.6 is 0 Å². The molecule has 0 spiro atoms. The minimum absolute atomic E-state index is 0.0257. The van der Waals surface area contributed by atoms with Crippen LogP contribution in [0.3, 0.4) is 0 Å². The van der Waals surface area contributed by atoms with E-state index < -0.39 is 11.4 Å². The Labute approximate surface area is 77.9 Å². The van der Waals surface area contributed by atoms with Crippen LogP contribution in [0, 0.1) is 11.3 Å². The van der Waals surface area contributed by atoms with Crippen LogP contribution in [0.2, 0.25) is 0 Å². The number of rotatable bonds is 4. The number of carboxylic acid groups (broad SMARTS) is 1. The topological polar surface area (TPSA) is 63.6 Å². The van der Waals surface area contributed by atoms with Crippen molar-refractivity contribution in [2.45, 2.75) is 27.2 Å². The molecule has 4 nitrogen and oxygen atoms in total. The molecule has 1 N–H and O–H groups in total. The van der Waals surface area contributed by atoms with Gasteiger partial charge in [-0.25, -0.2) is 0 Å². The lowest BCUT2D eigenvalue weighted by Crippen LogP contribution is -2.33. The Bertz CT molecular complexity index is 208. The van der Waals surface area contributed by atoms with Gasteiger partial charge in [0.25, 0.3) is 0 Å². The Hall–Kier alpha value is -1.06. The number of esters is 1. The third kappa shape index (κ3) is 3.05. The molecule has 0 saturated heterocycles. The summed E-state index contributed by atoms with van der Waals surface area (Å²) in [7, 11) is 1.30. The van der Waals surface area contributed by atoms with Crippen LogP contribution in [-0.4, -0.2) is 24.2 Å². The molecule has 13 heavy (non-hydrogen) atoms. The van der Waals surface area contributed by atoms with E-state index in [1.807, 2.05) is 0 Å². The summed E-state index contributed by atoms with van der Waals surface area (Å²) in [6.45, 7) is 5.10. The molecule has 0 bridgehead atoms. The fourth-order valence-electron chi connectivity index (χ4n) is 0.981. The van der Waals surface area contributed by atoms with E-state index in [0.29, 0.717) is 0 Å². The molecule has 0 aromatic rings. The molecule has 0 radical (unpaired) electrons. The predicted octanol–water partition coefficient (Wildman–Crippen LogP) is 1.30. The van der Waals surface area contributed by atoms with Crippen molar-refractivity contribution in [3.8, 4) is 0 Å². The first-order chi connectivity index (χ1) is 5.82. The Kier molecular flexibility index (Phi) is 3.91. The van der Waals surface area contributed by atoms with Gasteiger partial charge in [-0.05, 0) is 19.8 Å². The number of carbonyl (C=O) groups is 2. The molecule has 0 rings (SSSR count). The molecule has 0 heterocycles. The van der Waals surface area contributed by atoms with Crippen LogP contribution in [-0.2, 0) is 14.3 Å². The van der Waals surface area contributed by atoms with Gasteiger partial charge in [0, 0.05) is 6.42 Å². The lowest BCUT2D eigenvalue weighted by Gasteiger charge is -2.27. The summed E-state index contributed by atoms with van der Waals surface area (Å²) >= 11 is 0. The zero-order valence-electron chi connectivity index (χ0n) is 8.46. The second-order valence-corrected chi connectivity index (χ2v) is 3.71. The lowest BCUT2D eigenvalue weighted by atomic mass is 9.78. The highest BCUT2D eigenvalue weighted by atomic mass is 16.5. The monoisotopic (exact) mass is 188 g/mol. The average molecular weight is 188 g/mol. The predicted molar refractivity (Wildman–Crippen MR) is 47.2 cm³/mol. The molecule has 0 saturated carbocycles. The minimum Gasteiger partial charge on any atom is -0.481 e. The van der Waals surface area contributed by atoms with Crippen LogP contribution in [0.5, 0.6) is 0 Å². The van der Waals surface area contributed by atoms with Crippen molar-refractivity contribution < 1.29 is 19.4 Å². The highest BCUT2D eigenvalue weighted by molar-refractivity contribution is 5.77. The Morgan fingerprint density at radius 3 is 2.23 bits per heavy atom. The number of carbonyl (C=O) groups excluding carboxylic acids is 1. The summed E-state index contributed by atoms with van der Waals surface area (Å²) in [6.07, 6.45) is -0.0257. The second kappa shape index (κ2) is 4.25. The van der Waals surface area contributed by atoms with Crippen LogP contribution in [0.15, 0.2) is 0 Å². The van der Waals surface area contributed by atoms with E-state index in [0.717, 1.165) is 0 Å². The van der Waals surface area contributed by atoms with E-state index >= 15 is 0 Å². The van der Waals surface area contributed by atoms with Crippen molar-refractivity contribution in [1.29, 1.82) is 0 Å². The molecular weight excluding hydrogens is 172 g/mol. The number of hydrogen-bond donors (Lipinski definition) is 1. The third-order valence-electron chi connectivity index (χ3n) is 2.42. The first-order valence-electron chi connectivity index (χ1n) is 4.12. The largest absolute Gasteiger partial charge is 0.481 e. The first-order valence-corrected chi connectivity index (χ1v) is 4.12. The SMILES string of the molecule is COC(=O)C(C)(C)C(C)CC(=O)O. The van der Waals surface area contributed by atoms with Gasteiger partial charge in [0.05, 0.1) is 12.5 Å². The molecule has 0 fully saturated rings. The molecule has 0 aliphatic heterocycles. The van der Waals surface area contributed by atoms with Gasteiger partial charge in [-0.2, -0.15) is 0 Å². The number of ether oxygens (including phenoxy) is 1. The molecule has 76 valence electrons. The standard InChI is InChI=1S/C9H16O4/c1-6(5-7(10)11)9(2,3)8(12)13-4/h6H,5H2,1-4H3,(H,10,11). The maximum atomic E-state index is 11.2. The summed E-state index contributed by atoms with van der Waals surface area (Å²) in [5, 5.41) is 8.55. The van der Waals surface area contributed by atoms with E-state index in [1.54, 1.807) is 20.8 Å². The van der Waals surface area contributed by atoms with Gasteiger partial charge < -0.3 is 9.84 Å². The summed E-state index contributed by atoms with van der Waals surface area (Å²) in [6, 6.07) is 0. The highest BCUT2D eigenvalue weighted by Crippen LogP contribution is 2.30. The molecule has 0 aromatic carbocycles. The highest BCUT2D eigenvalue weighted by Gasteiger charge is 2.35. The van der Waals surface area contributed by atoms with Gasteiger partial charge in [-0.1, -0.05) is 6.92 Å². The summed E-state index contributed by atoms with van der Waals surface area (Å²) < 4.78 is 4.59. The van der Waals surface area contributed by atoms with Crippen molar-refractivity contribution in [3.63, 3.8) is 0 Å². The number of methoxy groups -OCH3 is 1. The van der Waals surface area contributed by atoms with Gasteiger partial charge in [-0.3, -0.25) is 9.59 Å². The van der Waals surface area contributed by atoms with Gasteiger partial charge >= 0.3 is 11.9 Å². The van der Waals surface area contributed by atoms with Crippen LogP contribution < -0.4 is 0 Å². The summed E-state index contributed by atoms with van der Waals surface area (Å²) in [4.78, 5) is 21.7. The average Bonchev–Trinajstić information content (AvgIpc) is 2.01. The number of carboxylic acids is 1. The normalized spacial score (nSPS) is 13.5. The number of aliphatic carboxylic acids is 1. The Morgan fingerprint density at radius 2 is 1.92 bits per heavy atom. The lowest BCUT2D eigenvalue weighted by molar-refractivity contribution is -0.154. The zero-order valence-corrected chi connectivity index (χ0v) is 8.46. The van der Waals surface area contributed by atoms with E-state index in [9.17, 15) is 9.59 Å². The zero-order chi connectivity index (χ0) is 10.6. The molecule has 0 aromatic heterocycles. The van der Waals surface area contributed by atoms with E-state index in [4.69, 9.17) is 5.11 Å². The number of hydrogen-bond acceptors (Lipinski definition) is 3. The smallest absolute Gasteiger partial charge is 0.311 e. The maximum Gasteiger partial charge on any atom is 0.311 e. The van der Waals surface area contributed by atoms with Crippen molar-refractivity contribution in [2.24, 2.45) is 11.3 Å². The molecule has 1 unspecified atom stereocenters. The molecule has 1 atom stereocenters. The molecule has 0 amide bonds. The quantitative estimate of drug-likeness (QED) is 0.675. The maximum absolute atomic E-state index is 11.2. The molecule has 0 aliphatic rings. The molecular formula is C9H16O4. The van der Waals surface area contributed by atoms with Crippen molar-refractivity contribution >= 4 is 11.9 Å². The van der Waals surface area contributed by atoms with Crippen LogP contribution in [0.25, 0.3) is 0 Å². The molecule has 0 aliphatic carbocycles.